The second-order valence-corrected chi connectivity index (χ2v) is 3.67. The zero-order valence-corrected chi connectivity index (χ0v) is 8.14. The van der Waals surface area contributed by atoms with Gasteiger partial charge in [-0.2, -0.15) is 0 Å². The summed E-state index contributed by atoms with van der Waals surface area (Å²) >= 11 is 0. The Labute approximate surface area is 87.1 Å². The van der Waals surface area contributed by atoms with Gasteiger partial charge in [-0.1, -0.05) is 6.07 Å². The minimum Gasteiger partial charge on any atom is -0.508 e. The van der Waals surface area contributed by atoms with Crippen LogP contribution in [0.25, 0.3) is 0 Å². The van der Waals surface area contributed by atoms with E-state index in [0.717, 1.165) is 0 Å². The van der Waals surface area contributed by atoms with Gasteiger partial charge in [0.2, 0.25) is 0 Å². The molecule has 1 heterocycles. The van der Waals surface area contributed by atoms with Gasteiger partial charge in [-0.25, -0.2) is 0 Å². The molecule has 15 heavy (non-hydrogen) atoms. The van der Waals surface area contributed by atoms with E-state index in [0.29, 0.717) is 24.8 Å². The van der Waals surface area contributed by atoms with Gasteiger partial charge in [-0.15, -0.1) is 0 Å². The van der Waals surface area contributed by atoms with Crippen molar-refractivity contribution in [1.29, 1.82) is 0 Å². The highest BCUT2D eigenvalue weighted by Crippen LogP contribution is 2.26. The summed E-state index contributed by atoms with van der Waals surface area (Å²) in [5.41, 5.74) is 0.688. The number of phenolic OH excluding ortho intramolecular Hbond substituents is 2. The summed E-state index contributed by atoms with van der Waals surface area (Å²) in [5, 5.41) is 18.6. The third kappa shape index (κ3) is 2.21. The van der Waals surface area contributed by atoms with Crippen molar-refractivity contribution < 1.29 is 19.7 Å². The second kappa shape index (κ2) is 3.81. The van der Waals surface area contributed by atoms with Gasteiger partial charge in [0, 0.05) is 18.9 Å². The minimum atomic E-state index is -0.182. The Bertz CT molecular complexity index is 386. The van der Waals surface area contributed by atoms with Gasteiger partial charge in [0.05, 0.1) is 0 Å². The molecule has 0 spiro atoms. The molecule has 1 aliphatic rings. The molecule has 0 amide bonds. The molecule has 1 aromatic rings. The van der Waals surface area contributed by atoms with Gasteiger partial charge in [0.15, 0.2) is 0 Å². The first-order valence-electron chi connectivity index (χ1n) is 4.85. The molecule has 0 bridgehead atoms. The number of phenols is 2. The molecule has 1 saturated heterocycles. The molecular formula is C11H12O4. The Morgan fingerprint density at radius 1 is 1.40 bits per heavy atom. The Kier molecular flexibility index (Phi) is 2.49. The lowest BCUT2D eigenvalue weighted by Crippen LogP contribution is -2.10. The van der Waals surface area contributed by atoms with Crippen molar-refractivity contribution in [2.75, 3.05) is 0 Å². The van der Waals surface area contributed by atoms with Crippen LogP contribution in [0, 0.1) is 0 Å². The van der Waals surface area contributed by atoms with Crippen LogP contribution in [-0.4, -0.2) is 22.3 Å². The molecule has 4 heteroatoms. The van der Waals surface area contributed by atoms with Crippen LogP contribution in [0.2, 0.25) is 0 Å². The van der Waals surface area contributed by atoms with Crippen molar-refractivity contribution >= 4 is 5.97 Å². The van der Waals surface area contributed by atoms with Crippen LogP contribution in [0.1, 0.15) is 18.4 Å². The molecule has 1 aromatic carbocycles. The highest BCUT2D eigenvalue weighted by atomic mass is 16.5. The van der Waals surface area contributed by atoms with Gasteiger partial charge < -0.3 is 14.9 Å². The Morgan fingerprint density at radius 2 is 2.20 bits per heavy atom. The fourth-order valence-corrected chi connectivity index (χ4v) is 1.70. The number of aromatic hydroxyl groups is 2. The molecule has 2 N–H and O–H groups in total. The van der Waals surface area contributed by atoms with E-state index < -0.39 is 0 Å². The Hall–Kier alpha value is -1.71. The summed E-state index contributed by atoms with van der Waals surface area (Å²) in [5.74, 6) is -0.115. The average molecular weight is 208 g/mol. The van der Waals surface area contributed by atoms with E-state index in [1.54, 1.807) is 6.07 Å². The normalized spacial score (nSPS) is 20.3. The third-order valence-electron chi connectivity index (χ3n) is 2.49. The number of hydrogen-bond acceptors (Lipinski definition) is 4. The molecule has 0 aliphatic carbocycles. The first kappa shape index (κ1) is 9.83. The Morgan fingerprint density at radius 3 is 2.80 bits per heavy atom. The summed E-state index contributed by atoms with van der Waals surface area (Å²) in [6, 6.07) is 4.43. The topological polar surface area (TPSA) is 66.8 Å². The van der Waals surface area contributed by atoms with Gasteiger partial charge >= 0.3 is 5.97 Å². The van der Waals surface area contributed by atoms with Crippen LogP contribution in [0.5, 0.6) is 11.5 Å². The van der Waals surface area contributed by atoms with Crippen LogP contribution >= 0.6 is 0 Å². The molecule has 80 valence electrons. The Balaban J connectivity index is 2.07. The number of esters is 1. The van der Waals surface area contributed by atoms with Crippen molar-refractivity contribution in [2.24, 2.45) is 0 Å². The van der Waals surface area contributed by atoms with Crippen LogP contribution < -0.4 is 0 Å². The van der Waals surface area contributed by atoms with Crippen LogP contribution in [0.15, 0.2) is 18.2 Å². The van der Waals surface area contributed by atoms with E-state index in [4.69, 9.17) is 9.84 Å². The zero-order chi connectivity index (χ0) is 10.8. The molecule has 0 radical (unpaired) electrons. The molecular weight excluding hydrogens is 196 g/mol. The standard InChI is InChI=1S/C11H12O4/c12-8-2-1-7(10(13)6-8)5-9-3-4-11(14)15-9/h1-2,6,9,12-13H,3-5H2/t9-/m1/s1. The fourth-order valence-electron chi connectivity index (χ4n) is 1.70. The number of carbonyl (C=O) groups excluding carboxylic acids is 1. The summed E-state index contributed by atoms with van der Waals surface area (Å²) in [6.07, 6.45) is 1.49. The number of carbonyl (C=O) groups is 1. The monoisotopic (exact) mass is 208 g/mol. The van der Waals surface area contributed by atoms with E-state index in [2.05, 4.69) is 0 Å². The lowest BCUT2D eigenvalue weighted by Gasteiger charge is -2.10. The van der Waals surface area contributed by atoms with E-state index in [1.165, 1.54) is 12.1 Å². The first-order valence-corrected chi connectivity index (χ1v) is 4.85. The van der Waals surface area contributed by atoms with E-state index in [1.807, 2.05) is 0 Å². The quantitative estimate of drug-likeness (QED) is 0.720. The zero-order valence-electron chi connectivity index (χ0n) is 8.14. The number of ether oxygens (including phenoxy) is 1. The van der Waals surface area contributed by atoms with Gasteiger partial charge in [-0.05, 0) is 18.1 Å². The van der Waals surface area contributed by atoms with Crippen LogP contribution in [-0.2, 0) is 16.0 Å². The summed E-state index contributed by atoms with van der Waals surface area (Å²) in [6.45, 7) is 0. The maximum atomic E-state index is 10.9. The second-order valence-electron chi connectivity index (χ2n) is 3.67. The predicted molar refractivity (Wildman–Crippen MR) is 52.6 cm³/mol. The van der Waals surface area contributed by atoms with Gasteiger partial charge in [0.25, 0.3) is 0 Å². The summed E-state index contributed by atoms with van der Waals surface area (Å²) in [7, 11) is 0. The molecule has 0 saturated carbocycles. The molecule has 1 fully saturated rings. The molecule has 0 unspecified atom stereocenters. The number of cyclic esters (lactones) is 1. The van der Waals surface area contributed by atoms with Crippen molar-refractivity contribution in [2.45, 2.75) is 25.4 Å². The third-order valence-corrected chi connectivity index (χ3v) is 2.49. The van der Waals surface area contributed by atoms with E-state index in [9.17, 15) is 9.90 Å². The largest absolute Gasteiger partial charge is 0.508 e. The average Bonchev–Trinajstić information content (AvgIpc) is 2.56. The smallest absolute Gasteiger partial charge is 0.306 e. The molecule has 1 aliphatic heterocycles. The molecule has 1 atom stereocenters. The van der Waals surface area contributed by atoms with Crippen molar-refractivity contribution in [3.63, 3.8) is 0 Å². The van der Waals surface area contributed by atoms with Crippen LogP contribution in [0.4, 0.5) is 0 Å². The highest BCUT2D eigenvalue weighted by molar-refractivity contribution is 5.71. The lowest BCUT2D eigenvalue weighted by atomic mass is 10.0. The van der Waals surface area contributed by atoms with Gasteiger partial charge in [0.1, 0.15) is 17.6 Å². The van der Waals surface area contributed by atoms with E-state index in [-0.39, 0.29) is 23.6 Å². The molecule has 4 nitrogen and oxygen atoms in total. The molecule has 0 aromatic heterocycles. The molecule has 2 rings (SSSR count). The van der Waals surface area contributed by atoms with Crippen molar-refractivity contribution in [1.82, 2.24) is 0 Å². The number of hydrogen-bond donors (Lipinski definition) is 2. The summed E-state index contributed by atoms with van der Waals surface area (Å²) in [4.78, 5) is 10.9. The van der Waals surface area contributed by atoms with E-state index >= 15 is 0 Å². The van der Waals surface area contributed by atoms with Crippen LogP contribution in [0.3, 0.4) is 0 Å². The predicted octanol–water partition coefficient (Wildman–Crippen LogP) is 1.35. The lowest BCUT2D eigenvalue weighted by molar-refractivity contribution is -0.141. The first-order chi connectivity index (χ1) is 7.15. The highest BCUT2D eigenvalue weighted by Gasteiger charge is 2.24. The maximum Gasteiger partial charge on any atom is 0.306 e. The SMILES string of the molecule is O=C1CC[C@H](Cc2ccc(O)cc2O)O1. The number of rotatable bonds is 2. The minimum absolute atomic E-state index is 0.0275. The van der Waals surface area contributed by atoms with Gasteiger partial charge in [-0.3, -0.25) is 4.79 Å². The van der Waals surface area contributed by atoms with Crippen molar-refractivity contribution in [3.05, 3.63) is 23.8 Å². The number of benzene rings is 1. The maximum absolute atomic E-state index is 10.9. The fraction of sp³-hybridized carbons (Fsp3) is 0.364. The van der Waals surface area contributed by atoms with Crippen molar-refractivity contribution in [3.8, 4) is 11.5 Å². The summed E-state index contributed by atoms with van der Waals surface area (Å²) < 4.78 is 5.04.